The van der Waals surface area contributed by atoms with Crippen LogP contribution in [0.25, 0.3) is 0 Å². The number of anilines is 2. The highest BCUT2D eigenvalue weighted by molar-refractivity contribution is 5.48. The van der Waals surface area contributed by atoms with Crippen LogP contribution >= 0.6 is 0 Å². The van der Waals surface area contributed by atoms with Gasteiger partial charge in [-0.1, -0.05) is 0 Å². The smallest absolute Gasteiger partial charge is 0.268 e. The monoisotopic (exact) mass is 356 g/mol. The number of fused-ring (bicyclic) bond motifs is 1. The van der Waals surface area contributed by atoms with E-state index >= 15 is 0 Å². The van der Waals surface area contributed by atoms with Crippen LogP contribution in [0.5, 0.6) is 0 Å². The highest BCUT2D eigenvalue weighted by Gasteiger charge is 2.22. The van der Waals surface area contributed by atoms with Crippen LogP contribution in [0.4, 0.5) is 11.5 Å². The number of morpholine rings is 1. The van der Waals surface area contributed by atoms with Gasteiger partial charge in [-0.05, 0) is 25.7 Å². The first-order valence-corrected chi connectivity index (χ1v) is 9.17. The average molecular weight is 356 g/mol. The van der Waals surface area contributed by atoms with Gasteiger partial charge in [0.2, 0.25) is 0 Å². The van der Waals surface area contributed by atoms with Crippen LogP contribution in [0, 0.1) is 0 Å². The van der Waals surface area contributed by atoms with Crippen LogP contribution in [-0.4, -0.2) is 52.1 Å². The Morgan fingerprint density at radius 3 is 3.15 bits per heavy atom. The van der Waals surface area contributed by atoms with E-state index in [0.717, 1.165) is 56.8 Å². The van der Waals surface area contributed by atoms with Gasteiger partial charge in [0.25, 0.3) is 5.56 Å². The van der Waals surface area contributed by atoms with E-state index in [1.807, 2.05) is 0 Å². The quantitative estimate of drug-likeness (QED) is 0.847. The van der Waals surface area contributed by atoms with Gasteiger partial charge in [0.1, 0.15) is 12.1 Å². The topological polar surface area (TPSA) is 85.2 Å². The number of aryl methyl sites for hydroxylation is 2. The fourth-order valence-corrected chi connectivity index (χ4v) is 3.62. The normalized spacial score (nSPS) is 19.4. The average Bonchev–Trinajstić information content (AvgIpc) is 3.14. The molecular weight excluding hydrogens is 332 g/mol. The summed E-state index contributed by atoms with van der Waals surface area (Å²) < 4.78 is 7.23. The molecule has 4 rings (SSSR count). The third-order valence-electron chi connectivity index (χ3n) is 5.09. The molecule has 0 saturated carbocycles. The molecule has 1 atom stereocenters. The molecule has 0 spiro atoms. The number of aromatic nitrogens is 4. The molecule has 2 aromatic rings. The minimum atomic E-state index is -0.0928. The number of nitrogens with one attached hydrogen (secondary N) is 1. The molecule has 8 nitrogen and oxygen atoms in total. The molecule has 1 unspecified atom stereocenters. The first kappa shape index (κ1) is 17.0. The van der Waals surface area contributed by atoms with E-state index in [2.05, 4.69) is 25.3 Å². The fraction of sp³-hybridized carbons (Fsp3) is 0.556. The van der Waals surface area contributed by atoms with Crippen molar-refractivity contribution in [1.82, 2.24) is 19.7 Å². The Kier molecular flexibility index (Phi) is 4.83. The van der Waals surface area contributed by atoms with Crippen LogP contribution in [0.15, 0.2) is 23.4 Å². The molecule has 138 valence electrons. The van der Waals surface area contributed by atoms with Crippen molar-refractivity contribution < 1.29 is 4.74 Å². The lowest BCUT2D eigenvalue weighted by atomic mass is 10.2. The molecule has 2 aliphatic rings. The van der Waals surface area contributed by atoms with Gasteiger partial charge in [-0.15, -0.1) is 0 Å². The zero-order valence-electron chi connectivity index (χ0n) is 15.0. The van der Waals surface area contributed by atoms with Crippen LogP contribution in [0.3, 0.4) is 0 Å². The van der Waals surface area contributed by atoms with Gasteiger partial charge in [-0.25, -0.2) is 14.6 Å². The molecule has 1 aliphatic heterocycles. The van der Waals surface area contributed by atoms with E-state index < -0.39 is 0 Å². The number of nitrogens with zero attached hydrogens (tertiary/aromatic N) is 5. The molecule has 0 radical (unpaired) electrons. The Bertz CT molecular complexity index is 837. The standard InChI is InChI=1S/C18H24N6O2/c1-23-17(25)9-13(10-22-23)24-7-8-26-14(11-24)5-6-19-18-15-3-2-4-16(15)20-12-21-18/h9-10,12,14H,2-8,11H2,1H3,(H,19,20,21). The minimum Gasteiger partial charge on any atom is -0.374 e. The van der Waals surface area contributed by atoms with E-state index in [1.54, 1.807) is 25.6 Å². The lowest BCUT2D eigenvalue weighted by Gasteiger charge is -2.34. The Balaban J connectivity index is 1.33. The second kappa shape index (κ2) is 7.41. The molecule has 8 heteroatoms. The van der Waals surface area contributed by atoms with Crippen molar-refractivity contribution in [1.29, 1.82) is 0 Å². The summed E-state index contributed by atoms with van der Waals surface area (Å²) in [7, 11) is 1.66. The van der Waals surface area contributed by atoms with E-state index in [-0.39, 0.29) is 11.7 Å². The van der Waals surface area contributed by atoms with E-state index in [9.17, 15) is 4.79 Å². The predicted octanol–water partition coefficient (Wildman–Crippen LogP) is 0.766. The zero-order chi connectivity index (χ0) is 17.9. The van der Waals surface area contributed by atoms with Gasteiger partial charge in [0, 0.05) is 44.0 Å². The van der Waals surface area contributed by atoms with Gasteiger partial charge in [0.05, 0.1) is 24.6 Å². The summed E-state index contributed by atoms with van der Waals surface area (Å²) in [6.45, 7) is 3.00. The fourth-order valence-electron chi connectivity index (χ4n) is 3.62. The van der Waals surface area contributed by atoms with E-state index in [0.29, 0.717) is 6.61 Å². The van der Waals surface area contributed by atoms with Crippen molar-refractivity contribution in [2.24, 2.45) is 7.05 Å². The molecule has 2 aromatic heterocycles. The summed E-state index contributed by atoms with van der Waals surface area (Å²) in [6, 6.07) is 1.64. The largest absolute Gasteiger partial charge is 0.374 e. The van der Waals surface area contributed by atoms with Gasteiger partial charge in [-0.3, -0.25) is 4.79 Å². The first-order valence-electron chi connectivity index (χ1n) is 9.17. The molecule has 3 heterocycles. The first-order chi connectivity index (χ1) is 12.7. The van der Waals surface area contributed by atoms with Crippen molar-refractivity contribution in [2.75, 3.05) is 36.5 Å². The van der Waals surface area contributed by atoms with Crippen molar-refractivity contribution in [3.8, 4) is 0 Å². The second-order valence-electron chi connectivity index (χ2n) is 6.83. The lowest BCUT2D eigenvalue weighted by molar-refractivity contribution is 0.0374. The number of hydrogen-bond donors (Lipinski definition) is 1. The van der Waals surface area contributed by atoms with Crippen molar-refractivity contribution in [2.45, 2.75) is 31.8 Å². The maximum absolute atomic E-state index is 11.8. The predicted molar refractivity (Wildman–Crippen MR) is 98.6 cm³/mol. The molecule has 1 fully saturated rings. The van der Waals surface area contributed by atoms with Crippen molar-refractivity contribution >= 4 is 11.5 Å². The maximum Gasteiger partial charge on any atom is 0.268 e. The Morgan fingerprint density at radius 2 is 2.27 bits per heavy atom. The van der Waals surface area contributed by atoms with Crippen LogP contribution in [-0.2, 0) is 24.6 Å². The van der Waals surface area contributed by atoms with Gasteiger partial charge >= 0.3 is 0 Å². The summed E-state index contributed by atoms with van der Waals surface area (Å²) in [5.41, 5.74) is 3.22. The summed E-state index contributed by atoms with van der Waals surface area (Å²) in [5, 5.41) is 7.56. The Morgan fingerprint density at radius 1 is 1.35 bits per heavy atom. The number of hydrogen-bond acceptors (Lipinski definition) is 7. The lowest BCUT2D eigenvalue weighted by Crippen LogP contribution is -2.43. The number of ether oxygens (including phenoxy) is 1. The highest BCUT2D eigenvalue weighted by Crippen LogP contribution is 2.25. The van der Waals surface area contributed by atoms with Gasteiger partial charge in [-0.2, -0.15) is 5.10 Å². The SMILES string of the molecule is Cn1ncc(N2CCOC(CCNc3ncnc4c3CCC4)C2)cc1=O. The molecule has 0 bridgehead atoms. The van der Waals surface area contributed by atoms with E-state index in [1.165, 1.54) is 15.9 Å². The third kappa shape index (κ3) is 3.55. The van der Waals surface area contributed by atoms with Crippen LogP contribution < -0.4 is 15.8 Å². The van der Waals surface area contributed by atoms with Crippen molar-refractivity contribution in [3.63, 3.8) is 0 Å². The number of rotatable bonds is 5. The van der Waals surface area contributed by atoms with E-state index in [4.69, 9.17) is 4.74 Å². The summed E-state index contributed by atoms with van der Waals surface area (Å²) >= 11 is 0. The molecule has 1 saturated heterocycles. The van der Waals surface area contributed by atoms with Crippen LogP contribution in [0.2, 0.25) is 0 Å². The van der Waals surface area contributed by atoms with Gasteiger partial charge < -0.3 is 15.0 Å². The molecule has 1 aliphatic carbocycles. The maximum atomic E-state index is 11.8. The summed E-state index contributed by atoms with van der Waals surface area (Å²) in [4.78, 5) is 22.7. The molecule has 1 N–H and O–H groups in total. The Hall–Kier alpha value is -2.48. The molecular formula is C18H24N6O2. The molecule has 26 heavy (non-hydrogen) atoms. The third-order valence-corrected chi connectivity index (χ3v) is 5.09. The van der Waals surface area contributed by atoms with Crippen LogP contribution in [0.1, 0.15) is 24.1 Å². The summed E-state index contributed by atoms with van der Waals surface area (Å²) in [6.07, 6.45) is 7.66. The highest BCUT2D eigenvalue weighted by atomic mass is 16.5. The Labute approximate surface area is 152 Å². The summed E-state index contributed by atoms with van der Waals surface area (Å²) in [5.74, 6) is 0.968. The molecule has 0 amide bonds. The van der Waals surface area contributed by atoms with Crippen molar-refractivity contribution in [3.05, 3.63) is 40.2 Å². The van der Waals surface area contributed by atoms with Gasteiger partial charge in [0.15, 0.2) is 0 Å². The molecule has 0 aromatic carbocycles. The minimum absolute atomic E-state index is 0.0928. The second-order valence-corrected chi connectivity index (χ2v) is 6.83. The zero-order valence-corrected chi connectivity index (χ0v) is 15.0.